The average molecular weight is 314 g/mol. The molecular weight excluding hydrogens is 301 g/mol. The summed E-state index contributed by atoms with van der Waals surface area (Å²) in [6, 6.07) is 10.4. The van der Waals surface area contributed by atoms with Crippen molar-refractivity contribution in [2.24, 2.45) is 5.73 Å². The third kappa shape index (κ3) is 3.17. The lowest BCUT2D eigenvalue weighted by Crippen LogP contribution is -2.09. The van der Waals surface area contributed by atoms with E-state index >= 15 is 0 Å². The van der Waals surface area contributed by atoms with Gasteiger partial charge in [-0.2, -0.15) is 0 Å². The fourth-order valence-corrected chi connectivity index (χ4v) is 3.53. The van der Waals surface area contributed by atoms with Crippen LogP contribution in [0.5, 0.6) is 0 Å². The van der Waals surface area contributed by atoms with Crippen molar-refractivity contribution in [3.8, 4) is 0 Å². The van der Waals surface area contributed by atoms with Gasteiger partial charge < -0.3 is 5.73 Å². The molecule has 0 spiro atoms. The van der Waals surface area contributed by atoms with Gasteiger partial charge >= 0.3 is 0 Å². The van der Waals surface area contributed by atoms with Gasteiger partial charge in [0.2, 0.25) is 0 Å². The van der Waals surface area contributed by atoms with Crippen LogP contribution in [0, 0.1) is 5.82 Å². The summed E-state index contributed by atoms with van der Waals surface area (Å²) in [5.74, 6) is -0.838. The van der Waals surface area contributed by atoms with Crippen molar-refractivity contribution in [3.05, 3.63) is 64.4 Å². The molecule has 2 aromatic rings. The zero-order valence-corrected chi connectivity index (χ0v) is 12.1. The maximum Gasteiger partial charge on any atom is 0.182 e. The van der Waals surface area contributed by atoms with Crippen molar-refractivity contribution in [2.75, 3.05) is 0 Å². The third-order valence-corrected chi connectivity index (χ3v) is 4.89. The van der Waals surface area contributed by atoms with Crippen LogP contribution in [0.4, 0.5) is 4.39 Å². The normalized spacial score (nSPS) is 11.6. The molecule has 2 N–H and O–H groups in total. The van der Waals surface area contributed by atoms with Crippen molar-refractivity contribution >= 4 is 21.4 Å². The Kier molecular flexibility index (Phi) is 4.42. The molecule has 0 aliphatic rings. The summed E-state index contributed by atoms with van der Waals surface area (Å²) in [5, 5.41) is -0.210. The van der Waals surface area contributed by atoms with Gasteiger partial charge in [-0.25, -0.2) is 12.8 Å². The molecule has 0 amide bonds. The maximum absolute atomic E-state index is 13.1. The third-order valence-electron chi connectivity index (χ3n) is 2.93. The number of halogens is 2. The van der Waals surface area contributed by atoms with Gasteiger partial charge in [-0.15, -0.1) is 0 Å². The van der Waals surface area contributed by atoms with Crippen molar-refractivity contribution in [3.63, 3.8) is 0 Å². The summed E-state index contributed by atoms with van der Waals surface area (Å²) in [4.78, 5) is -0.00396. The van der Waals surface area contributed by atoms with Crippen LogP contribution in [0.2, 0.25) is 5.02 Å². The van der Waals surface area contributed by atoms with Crippen molar-refractivity contribution < 1.29 is 12.8 Å². The average Bonchev–Trinajstić information content (AvgIpc) is 2.42. The molecular formula is C14H13ClFNO2S. The standard InChI is InChI=1S/C14H13ClFNO2S/c15-13-7-12(5-6-14(13)16)20(18,19)9-11-4-2-1-3-10(11)8-17/h1-7H,8-9,17H2. The van der Waals surface area contributed by atoms with Gasteiger partial charge in [0.05, 0.1) is 15.7 Å². The second kappa shape index (κ2) is 5.91. The fraction of sp³-hybridized carbons (Fsp3) is 0.143. The van der Waals surface area contributed by atoms with Gasteiger partial charge in [0, 0.05) is 6.54 Å². The Balaban J connectivity index is 2.38. The van der Waals surface area contributed by atoms with E-state index in [0.717, 1.165) is 17.7 Å². The summed E-state index contributed by atoms with van der Waals surface area (Å²) in [5.41, 5.74) is 6.99. The first-order chi connectivity index (χ1) is 9.44. The van der Waals surface area contributed by atoms with Crippen LogP contribution in [0.25, 0.3) is 0 Å². The molecule has 20 heavy (non-hydrogen) atoms. The van der Waals surface area contributed by atoms with Crippen molar-refractivity contribution in [1.29, 1.82) is 0 Å². The molecule has 0 aliphatic carbocycles. The summed E-state index contributed by atoms with van der Waals surface area (Å²) >= 11 is 5.62. The molecule has 0 radical (unpaired) electrons. The van der Waals surface area contributed by atoms with Crippen LogP contribution < -0.4 is 5.73 Å². The van der Waals surface area contributed by atoms with Crippen LogP contribution in [-0.4, -0.2) is 8.42 Å². The Hall–Kier alpha value is -1.43. The van der Waals surface area contributed by atoms with E-state index < -0.39 is 15.7 Å². The number of nitrogens with two attached hydrogens (primary N) is 1. The zero-order valence-electron chi connectivity index (χ0n) is 10.5. The molecule has 3 nitrogen and oxygen atoms in total. The molecule has 0 saturated carbocycles. The predicted molar refractivity (Wildman–Crippen MR) is 76.6 cm³/mol. The highest BCUT2D eigenvalue weighted by atomic mass is 35.5. The maximum atomic E-state index is 13.1. The molecule has 0 aliphatic heterocycles. The van der Waals surface area contributed by atoms with Gasteiger partial charge in [0.1, 0.15) is 5.82 Å². The van der Waals surface area contributed by atoms with E-state index in [-0.39, 0.29) is 22.2 Å². The van der Waals surface area contributed by atoms with E-state index in [4.69, 9.17) is 17.3 Å². The second-order valence-corrected chi connectivity index (χ2v) is 6.70. The molecule has 6 heteroatoms. The van der Waals surface area contributed by atoms with Crippen LogP contribution >= 0.6 is 11.6 Å². The van der Waals surface area contributed by atoms with Gasteiger partial charge in [0.25, 0.3) is 0 Å². The SMILES string of the molecule is NCc1ccccc1CS(=O)(=O)c1ccc(F)c(Cl)c1. The van der Waals surface area contributed by atoms with E-state index in [9.17, 15) is 12.8 Å². The highest BCUT2D eigenvalue weighted by molar-refractivity contribution is 7.90. The lowest BCUT2D eigenvalue weighted by Gasteiger charge is -2.09. The Morgan fingerprint density at radius 1 is 1.10 bits per heavy atom. The molecule has 0 bridgehead atoms. The summed E-state index contributed by atoms with van der Waals surface area (Å²) < 4.78 is 37.7. The first-order valence-electron chi connectivity index (χ1n) is 5.88. The Morgan fingerprint density at radius 2 is 1.75 bits per heavy atom. The minimum absolute atomic E-state index is 0.00396. The molecule has 0 atom stereocenters. The largest absolute Gasteiger partial charge is 0.326 e. The van der Waals surface area contributed by atoms with Crippen LogP contribution in [0.15, 0.2) is 47.4 Å². The van der Waals surface area contributed by atoms with E-state index in [1.54, 1.807) is 24.3 Å². The highest BCUT2D eigenvalue weighted by Crippen LogP contribution is 2.23. The lowest BCUT2D eigenvalue weighted by molar-refractivity contribution is 0.594. The van der Waals surface area contributed by atoms with Crippen LogP contribution in [0.1, 0.15) is 11.1 Å². The molecule has 0 saturated heterocycles. The molecule has 106 valence electrons. The van der Waals surface area contributed by atoms with Crippen LogP contribution in [0.3, 0.4) is 0 Å². The molecule has 2 aromatic carbocycles. The summed E-state index contributed by atoms with van der Waals surface area (Å²) in [6.45, 7) is 0.260. The predicted octanol–water partition coefficient (Wildman–Crippen LogP) is 2.91. The Labute approximate surface area is 122 Å². The second-order valence-electron chi connectivity index (χ2n) is 4.31. The summed E-state index contributed by atoms with van der Waals surface area (Å²) in [7, 11) is -3.59. The van der Waals surface area contributed by atoms with E-state index in [1.807, 2.05) is 0 Å². The van der Waals surface area contributed by atoms with E-state index in [1.165, 1.54) is 6.07 Å². The lowest BCUT2D eigenvalue weighted by atomic mass is 10.1. The minimum Gasteiger partial charge on any atom is -0.326 e. The topological polar surface area (TPSA) is 60.2 Å². The van der Waals surface area contributed by atoms with Gasteiger partial charge in [-0.3, -0.25) is 0 Å². The highest BCUT2D eigenvalue weighted by Gasteiger charge is 2.18. The Morgan fingerprint density at radius 3 is 2.35 bits per heavy atom. The summed E-state index contributed by atoms with van der Waals surface area (Å²) in [6.07, 6.45) is 0. The van der Waals surface area contributed by atoms with Gasteiger partial charge in [-0.05, 0) is 29.3 Å². The molecule has 0 fully saturated rings. The zero-order chi connectivity index (χ0) is 14.8. The first kappa shape index (κ1) is 15.0. The van der Waals surface area contributed by atoms with Crippen LogP contribution in [-0.2, 0) is 22.1 Å². The minimum atomic E-state index is -3.59. The monoisotopic (exact) mass is 313 g/mol. The molecule has 0 aromatic heterocycles. The van der Waals surface area contributed by atoms with E-state index in [0.29, 0.717) is 5.56 Å². The van der Waals surface area contributed by atoms with Gasteiger partial charge in [-0.1, -0.05) is 35.9 Å². The number of rotatable bonds is 4. The fourth-order valence-electron chi connectivity index (χ4n) is 1.86. The van der Waals surface area contributed by atoms with Crippen molar-refractivity contribution in [2.45, 2.75) is 17.2 Å². The molecule has 2 rings (SSSR count). The number of hydrogen-bond acceptors (Lipinski definition) is 3. The van der Waals surface area contributed by atoms with E-state index in [2.05, 4.69) is 0 Å². The smallest absolute Gasteiger partial charge is 0.182 e. The first-order valence-corrected chi connectivity index (χ1v) is 7.92. The van der Waals surface area contributed by atoms with Gasteiger partial charge in [0.15, 0.2) is 9.84 Å². The van der Waals surface area contributed by atoms with Crippen molar-refractivity contribution in [1.82, 2.24) is 0 Å². The number of benzene rings is 2. The molecule has 0 heterocycles. The molecule has 0 unspecified atom stereocenters. The Bertz CT molecular complexity index is 732. The quantitative estimate of drug-likeness (QED) is 0.883. The number of hydrogen-bond donors (Lipinski definition) is 1. The number of sulfone groups is 1.